The van der Waals surface area contributed by atoms with Gasteiger partial charge in [-0.3, -0.25) is 0 Å². The van der Waals surface area contributed by atoms with Crippen LogP contribution in [-0.4, -0.2) is 35.7 Å². The molecule has 1 aliphatic heterocycles. The molecular formula is C21H29NOSeSi. The summed E-state index contributed by atoms with van der Waals surface area (Å²) in [5.74, 6) is 1.01. The van der Waals surface area contributed by atoms with Crippen molar-refractivity contribution in [2.75, 3.05) is 6.61 Å². The van der Waals surface area contributed by atoms with E-state index in [2.05, 4.69) is 88.2 Å². The van der Waals surface area contributed by atoms with E-state index in [9.17, 15) is 0 Å². The van der Waals surface area contributed by atoms with Gasteiger partial charge in [-0.1, -0.05) is 0 Å². The van der Waals surface area contributed by atoms with E-state index < -0.39 is 8.07 Å². The monoisotopic (exact) mass is 419 g/mol. The zero-order valence-corrected chi connectivity index (χ0v) is 18.9. The number of hydrogen-bond acceptors (Lipinski definition) is 2. The van der Waals surface area contributed by atoms with E-state index in [0.29, 0.717) is 21.0 Å². The quantitative estimate of drug-likeness (QED) is 0.751. The number of allylic oxidation sites excluding steroid dienone is 5. The number of ether oxygens (including phenoxy) is 1. The molecular weight excluding hydrogens is 389 g/mol. The second-order valence-corrected chi connectivity index (χ2v) is 16.2. The summed E-state index contributed by atoms with van der Waals surface area (Å²) < 4.78 is 9.04. The summed E-state index contributed by atoms with van der Waals surface area (Å²) in [6.45, 7) is 14.8. The first-order valence-electron chi connectivity index (χ1n) is 8.96. The molecule has 0 radical (unpaired) electrons. The minimum absolute atomic E-state index is 0.193. The molecule has 0 amide bonds. The van der Waals surface area contributed by atoms with Crippen molar-refractivity contribution in [1.82, 2.24) is 5.32 Å². The summed E-state index contributed by atoms with van der Waals surface area (Å²) in [6.07, 6.45) is 4.68. The van der Waals surface area contributed by atoms with Crippen molar-refractivity contribution in [3.05, 3.63) is 63.6 Å². The fraction of sp³-hybridized carbons (Fsp3) is 0.429. The van der Waals surface area contributed by atoms with Crippen molar-refractivity contribution >= 4 is 27.5 Å². The summed E-state index contributed by atoms with van der Waals surface area (Å²) in [4.78, 5) is 0. The predicted molar refractivity (Wildman–Crippen MR) is 111 cm³/mol. The maximum absolute atomic E-state index is 6.19. The molecule has 1 fully saturated rings. The third kappa shape index (κ3) is 4.13. The molecule has 25 heavy (non-hydrogen) atoms. The summed E-state index contributed by atoms with van der Waals surface area (Å²) in [6, 6.07) is 11.2. The van der Waals surface area contributed by atoms with Crippen LogP contribution in [0.15, 0.2) is 63.6 Å². The van der Waals surface area contributed by atoms with Gasteiger partial charge in [0.15, 0.2) is 0 Å². The Morgan fingerprint density at radius 1 is 1.08 bits per heavy atom. The fourth-order valence-electron chi connectivity index (χ4n) is 3.04. The molecule has 0 bridgehead atoms. The molecule has 3 rings (SSSR count). The summed E-state index contributed by atoms with van der Waals surface area (Å²) in [7, 11) is -1.44. The molecule has 1 heterocycles. The van der Waals surface area contributed by atoms with Crippen molar-refractivity contribution in [3.8, 4) is 0 Å². The van der Waals surface area contributed by atoms with Crippen molar-refractivity contribution < 1.29 is 4.74 Å². The third-order valence-corrected chi connectivity index (χ3v) is 8.94. The predicted octanol–water partition coefficient (Wildman–Crippen LogP) is 3.96. The summed E-state index contributed by atoms with van der Waals surface area (Å²) >= 11 is 0.298. The molecule has 2 nitrogen and oxygen atoms in total. The van der Waals surface area contributed by atoms with Gasteiger partial charge in [0.2, 0.25) is 0 Å². The second-order valence-electron chi connectivity index (χ2n) is 8.85. The van der Waals surface area contributed by atoms with Gasteiger partial charge in [-0.05, 0) is 0 Å². The van der Waals surface area contributed by atoms with Gasteiger partial charge < -0.3 is 0 Å². The van der Waals surface area contributed by atoms with Gasteiger partial charge in [0, 0.05) is 0 Å². The van der Waals surface area contributed by atoms with E-state index in [1.807, 2.05) is 0 Å². The molecule has 0 spiro atoms. The van der Waals surface area contributed by atoms with E-state index in [0.717, 1.165) is 12.5 Å². The van der Waals surface area contributed by atoms with Crippen LogP contribution >= 0.6 is 0 Å². The van der Waals surface area contributed by atoms with Crippen molar-refractivity contribution in [3.63, 3.8) is 0 Å². The van der Waals surface area contributed by atoms with Crippen LogP contribution in [0, 0.1) is 5.41 Å². The Morgan fingerprint density at radius 2 is 1.76 bits per heavy atom. The summed E-state index contributed by atoms with van der Waals surface area (Å²) in [5, 5.41) is 5.21. The molecule has 0 unspecified atom stereocenters. The second kappa shape index (κ2) is 6.83. The molecule has 1 aliphatic carbocycles. The molecule has 1 atom stereocenters. The molecule has 1 saturated heterocycles. The Morgan fingerprint density at radius 3 is 2.32 bits per heavy atom. The Kier molecular flexibility index (Phi) is 5.07. The van der Waals surface area contributed by atoms with Gasteiger partial charge in [-0.25, -0.2) is 0 Å². The van der Waals surface area contributed by atoms with Crippen molar-refractivity contribution in [2.24, 2.45) is 5.41 Å². The molecule has 1 N–H and O–H groups in total. The molecule has 1 aromatic carbocycles. The van der Waals surface area contributed by atoms with Gasteiger partial charge >= 0.3 is 160 Å². The van der Waals surface area contributed by atoms with Gasteiger partial charge in [-0.15, -0.1) is 0 Å². The first kappa shape index (κ1) is 18.6. The van der Waals surface area contributed by atoms with E-state index >= 15 is 0 Å². The topological polar surface area (TPSA) is 21.3 Å². The van der Waals surface area contributed by atoms with Crippen LogP contribution in [0.25, 0.3) is 0 Å². The molecule has 4 heteroatoms. The van der Waals surface area contributed by atoms with Crippen molar-refractivity contribution in [2.45, 2.75) is 46.5 Å². The van der Waals surface area contributed by atoms with Crippen LogP contribution in [-0.2, 0) is 4.74 Å². The van der Waals surface area contributed by atoms with Crippen molar-refractivity contribution in [1.29, 1.82) is 0 Å². The minimum atomic E-state index is -1.44. The van der Waals surface area contributed by atoms with E-state index in [1.54, 1.807) is 0 Å². The van der Waals surface area contributed by atoms with Crippen LogP contribution in [0.5, 0.6) is 0 Å². The number of hydrogen-bond donors (Lipinski definition) is 1. The average molecular weight is 419 g/mol. The first-order valence-corrected chi connectivity index (χ1v) is 14.2. The van der Waals surface area contributed by atoms with Gasteiger partial charge in [0.25, 0.3) is 0 Å². The number of benzene rings is 1. The Bertz CT molecular complexity index is 735. The molecule has 2 aliphatic rings. The maximum atomic E-state index is 6.19. The zero-order valence-electron chi connectivity index (χ0n) is 16.1. The molecule has 1 aromatic rings. The van der Waals surface area contributed by atoms with E-state index in [1.165, 1.54) is 19.7 Å². The van der Waals surface area contributed by atoms with Gasteiger partial charge in [-0.2, -0.15) is 0 Å². The normalized spacial score (nSPS) is 23.8. The van der Waals surface area contributed by atoms with Crippen LogP contribution in [0.1, 0.15) is 20.8 Å². The molecule has 0 saturated carbocycles. The number of rotatable bonds is 3. The Labute approximate surface area is 159 Å². The molecule has 134 valence electrons. The SMILES string of the molecule is CC(C)(C)[C@H]1CO/C(=C2\C([Se]c3ccccc3)=CC=C2[Si](C)(C)C)N1. The zero-order chi connectivity index (χ0) is 18.2. The summed E-state index contributed by atoms with van der Waals surface area (Å²) in [5.41, 5.74) is 1.55. The molecule has 0 aromatic heterocycles. The first-order chi connectivity index (χ1) is 11.7. The fourth-order valence-corrected chi connectivity index (χ4v) is 6.89. The van der Waals surface area contributed by atoms with E-state index in [-0.39, 0.29) is 5.41 Å². The Balaban J connectivity index is 1.94. The number of nitrogens with one attached hydrogen (secondary N) is 1. The van der Waals surface area contributed by atoms with Crippen LogP contribution in [0.4, 0.5) is 0 Å². The van der Waals surface area contributed by atoms with Crippen LogP contribution in [0.3, 0.4) is 0 Å². The standard InChI is InChI=1S/C21H29NOSeSi/c1-21(2,3)18-14-23-20(22-18)19-16(12-13-17(19)25(4,5)6)24-15-10-8-7-9-11-15/h7-13,18,22H,14H2,1-6H3/b20-19+/t18-/m1/s1. The van der Waals surface area contributed by atoms with Gasteiger partial charge in [0.05, 0.1) is 0 Å². The average Bonchev–Trinajstić information content (AvgIpc) is 3.13. The Hall–Kier alpha value is -1.22. The van der Waals surface area contributed by atoms with Crippen LogP contribution < -0.4 is 9.78 Å². The van der Waals surface area contributed by atoms with Crippen LogP contribution in [0.2, 0.25) is 19.6 Å². The van der Waals surface area contributed by atoms with Gasteiger partial charge in [0.1, 0.15) is 0 Å². The van der Waals surface area contributed by atoms with E-state index in [4.69, 9.17) is 4.74 Å². The third-order valence-electron chi connectivity index (χ3n) is 4.67.